The third-order valence-electron chi connectivity index (χ3n) is 1.88. The summed E-state index contributed by atoms with van der Waals surface area (Å²) in [5.74, 6) is 0. The van der Waals surface area contributed by atoms with Gasteiger partial charge in [0, 0.05) is 17.1 Å². The van der Waals surface area contributed by atoms with Crippen LogP contribution in [-0.4, -0.2) is 0 Å². The van der Waals surface area contributed by atoms with E-state index in [1.54, 1.807) is 0 Å². The average molecular weight is 229 g/mol. The molecule has 0 aliphatic rings. The van der Waals surface area contributed by atoms with Crippen LogP contribution in [0.3, 0.4) is 0 Å². The van der Waals surface area contributed by atoms with Crippen molar-refractivity contribution in [1.29, 1.82) is 0 Å². The van der Waals surface area contributed by atoms with E-state index >= 15 is 0 Å². The molecule has 2 N–H and O–H groups in total. The number of nitrogen functional groups attached to an aromatic ring is 1. The van der Waals surface area contributed by atoms with Gasteiger partial charge in [-0.3, -0.25) is 0 Å². The van der Waals surface area contributed by atoms with Gasteiger partial charge in [0.25, 0.3) is 0 Å². The van der Waals surface area contributed by atoms with Crippen LogP contribution in [0, 0.1) is 0 Å². The molecule has 0 saturated carbocycles. The minimum Gasteiger partial charge on any atom is -0.748 e. The molecule has 0 aliphatic heterocycles. The fourth-order valence-corrected chi connectivity index (χ4v) is 1.11. The van der Waals surface area contributed by atoms with E-state index in [-0.39, 0.29) is 17.1 Å². The summed E-state index contributed by atoms with van der Waals surface area (Å²) < 4.78 is 0. The summed E-state index contributed by atoms with van der Waals surface area (Å²) in [4.78, 5) is 0. The Morgan fingerprint density at radius 2 is 1.71 bits per heavy atom. The van der Waals surface area contributed by atoms with Gasteiger partial charge in [-0.1, -0.05) is 19.0 Å². The van der Waals surface area contributed by atoms with Crippen LogP contribution in [0.1, 0.15) is 12.5 Å². The molecule has 0 atom stereocenters. The molecule has 2 rings (SSSR count). The maximum atomic E-state index is 5.55. The van der Waals surface area contributed by atoms with Crippen molar-refractivity contribution in [3.8, 4) is 0 Å². The summed E-state index contributed by atoms with van der Waals surface area (Å²) >= 11 is 0. The molecule has 2 heteroatoms. The average Bonchev–Trinajstić information content (AvgIpc) is 2.76. The van der Waals surface area contributed by atoms with E-state index in [4.69, 9.17) is 5.73 Å². The van der Waals surface area contributed by atoms with Crippen molar-refractivity contribution in [2.45, 2.75) is 13.3 Å². The Kier molecular flexibility index (Phi) is 6.91. The zero-order chi connectivity index (χ0) is 9.52. The molecule has 0 unspecified atom stereocenters. The molecule has 0 aromatic heterocycles. The summed E-state index contributed by atoms with van der Waals surface area (Å²) in [6, 6.07) is 16.0. The van der Waals surface area contributed by atoms with Gasteiger partial charge < -0.3 is 36.1 Å². The Morgan fingerprint density at radius 3 is 1.93 bits per heavy atom. The van der Waals surface area contributed by atoms with Crippen LogP contribution in [0.5, 0.6) is 0 Å². The number of hydrogen-bond acceptors (Lipinski definition) is 1. The van der Waals surface area contributed by atoms with Crippen LogP contribution in [0.2, 0.25) is 0 Å². The second-order valence-corrected chi connectivity index (χ2v) is 2.82. The second kappa shape index (κ2) is 7.43. The van der Waals surface area contributed by atoms with E-state index in [2.05, 4.69) is 13.0 Å². The zero-order valence-corrected chi connectivity index (χ0v) is 9.36. The van der Waals surface area contributed by atoms with Gasteiger partial charge in [-0.05, 0) is 0 Å². The first kappa shape index (κ1) is 13.0. The third-order valence-corrected chi connectivity index (χ3v) is 1.88. The molecule has 2 aromatic rings. The summed E-state index contributed by atoms with van der Waals surface area (Å²) in [6.45, 7) is 2.10. The van der Waals surface area contributed by atoms with Crippen LogP contribution >= 0.6 is 0 Å². The first-order chi connectivity index (χ1) is 6.34. The van der Waals surface area contributed by atoms with Gasteiger partial charge in [-0.25, -0.2) is 6.07 Å². The largest absolute Gasteiger partial charge is 0.748 e. The minimum absolute atomic E-state index is 0. The first-order valence-electron chi connectivity index (χ1n) is 4.51. The van der Waals surface area contributed by atoms with Crippen molar-refractivity contribution in [3.05, 3.63) is 54.1 Å². The van der Waals surface area contributed by atoms with Gasteiger partial charge in [0.1, 0.15) is 0 Å². The van der Waals surface area contributed by atoms with E-state index in [1.165, 1.54) is 5.56 Å². The van der Waals surface area contributed by atoms with Crippen molar-refractivity contribution in [2.24, 2.45) is 0 Å². The maximum absolute atomic E-state index is 5.55. The van der Waals surface area contributed by atoms with Crippen molar-refractivity contribution in [2.75, 3.05) is 5.73 Å². The molecule has 1 nitrogen and oxygen atoms in total. The molecule has 0 saturated heterocycles. The Morgan fingerprint density at radius 1 is 1.21 bits per heavy atom. The van der Waals surface area contributed by atoms with Crippen LogP contribution in [0.15, 0.2) is 48.5 Å². The molecule has 0 bridgehead atoms. The van der Waals surface area contributed by atoms with Gasteiger partial charge in [-0.2, -0.15) is 12.1 Å². The number of hydrogen-bond donors (Lipinski definition) is 1. The third kappa shape index (κ3) is 4.31. The topological polar surface area (TPSA) is 26.0 Å². The van der Waals surface area contributed by atoms with Gasteiger partial charge in [0.15, 0.2) is 0 Å². The normalized spacial score (nSPS) is 8.36. The van der Waals surface area contributed by atoms with Gasteiger partial charge in [0.2, 0.25) is 0 Å². The van der Waals surface area contributed by atoms with Gasteiger partial charge in [-0.15, -0.1) is 5.56 Å². The first-order valence-corrected chi connectivity index (χ1v) is 4.51. The standard InChI is InChI=1S/C7H10N.C5H5.Fe/c1-2-6-4-3-5-7(6)8;1-2-4-5-3-1;/h3-5H,2,8H2,1H3;1-5H;/q-1;-5;. The molecule has 0 aliphatic carbocycles. The SMILES string of the molecule is CC[c-]1cccc1N.[Fe].[cH-]1[cH-][cH-][cH-][cH-]1. The number of aryl methyl sites for hydroxylation is 1. The van der Waals surface area contributed by atoms with Crippen LogP contribution in [0.25, 0.3) is 0 Å². The summed E-state index contributed by atoms with van der Waals surface area (Å²) in [5.41, 5.74) is 7.73. The molecule has 2 aromatic carbocycles. The van der Waals surface area contributed by atoms with Crippen molar-refractivity contribution in [3.63, 3.8) is 0 Å². The fourth-order valence-electron chi connectivity index (χ4n) is 1.11. The van der Waals surface area contributed by atoms with Crippen molar-refractivity contribution < 1.29 is 17.1 Å². The van der Waals surface area contributed by atoms with Crippen LogP contribution in [0.4, 0.5) is 5.69 Å². The molecule has 0 spiro atoms. The molecular weight excluding hydrogens is 214 g/mol. The Bertz CT molecular complexity index is 291. The van der Waals surface area contributed by atoms with E-state index in [0.717, 1.165) is 12.1 Å². The molecular formula is C12H15FeN-6. The maximum Gasteiger partial charge on any atom is 0 e. The second-order valence-electron chi connectivity index (χ2n) is 2.82. The zero-order valence-electron chi connectivity index (χ0n) is 8.26. The molecule has 0 radical (unpaired) electrons. The summed E-state index contributed by atoms with van der Waals surface area (Å²) in [5, 5.41) is 0. The smallest absolute Gasteiger partial charge is 0 e. The number of nitrogens with two attached hydrogens (primary N) is 1. The molecule has 0 heterocycles. The van der Waals surface area contributed by atoms with E-state index in [9.17, 15) is 0 Å². The number of anilines is 1. The van der Waals surface area contributed by atoms with Crippen molar-refractivity contribution >= 4 is 5.69 Å². The number of rotatable bonds is 1. The Balaban J connectivity index is 0.000000246. The van der Waals surface area contributed by atoms with Gasteiger partial charge >= 0.3 is 0 Å². The predicted molar refractivity (Wildman–Crippen MR) is 57.9 cm³/mol. The Hall–Kier alpha value is -0.981. The quantitative estimate of drug-likeness (QED) is 0.590. The van der Waals surface area contributed by atoms with Crippen molar-refractivity contribution in [1.82, 2.24) is 0 Å². The summed E-state index contributed by atoms with van der Waals surface area (Å²) in [7, 11) is 0. The Labute approximate surface area is 96.1 Å². The van der Waals surface area contributed by atoms with E-state index in [1.807, 2.05) is 42.5 Å². The molecule has 14 heavy (non-hydrogen) atoms. The van der Waals surface area contributed by atoms with Crippen LogP contribution < -0.4 is 5.73 Å². The molecule has 0 amide bonds. The molecule has 82 valence electrons. The molecule has 0 fully saturated rings. The van der Waals surface area contributed by atoms with Gasteiger partial charge in [0.05, 0.1) is 0 Å². The fraction of sp³-hybridized carbons (Fsp3) is 0.167. The minimum atomic E-state index is 0. The van der Waals surface area contributed by atoms with Crippen LogP contribution in [-0.2, 0) is 23.5 Å². The van der Waals surface area contributed by atoms with E-state index < -0.39 is 0 Å². The predicted octanol–water partition coefficient (Wildman–Crippen LogP) is 2.95. The summed E-state index contributed by atoms with van der Waals surface area (Å²) in [6.07, 6.45) is 1.04. The monoisotopic (exact) mass is 229 g/mol. The van der Waals surface area contributed by atoms with E-state index in [0.29, 0.717) is 0 Å².